The van der Waals surface area contributed by atoms with Crippen LogP contribution in [0.1, 0.15) is 42.4 Å². The second kappa shape index (κ2) is 7.22. The Bertz CT molecular complexity index is 797. The van der Waals surface area contributed by atoms with E-state index in [2.05, 4.69) is 22.1 Å². The van der Waals surface area contributed by atoms with Crippen molar-refractivity contribution in [2.24, 2.45) is 5.41 Å². The molecule has 5 heteroatoms. The Morgan fingerprint density at radius 3 is 2.33 bits per heavy atom. The molecule has 1 N–H and O–H groups in total. The van der Waals surface area contributed by atoms with Gasteiger partial charge in [0.25, 0.3) is 5.91 Å². The molecular weight excluding hydrogens is 310 g/mol. The fraction of sp³-hybridized carbons (Fsp3) is 0.263. The summed E-state index contributed by atoms with van der Waals surface area (Å²) in [5.74, 6) is 3.89. The van der Waals surface area contributed by atoms with Crippen molar-refractivity contribution >= 4 is 5.91 Å². The number of pyridine rings is 1. The van der Waals surface area contributed by atoms with E-state index >= 15 is 0 Å². The van der Waals surface area contributed by atoms with Crippen LogP contribution in [0.4, 0.5) is 8.78 Å². The smallest absolute Gasteiger partial charge is 0.272 e. The van der Waals surface area contributed by atoms with Gasteiger partial charge in [0.05, 0.1) is 0 Å². The highest BCUT2D eigenvalue weighted by Gasteiger charge is 2.17. The van der Waals surface area contributed by atoms with Crippen LogP contribution in [0.3, 0.4) is 0 Å². The molecule has 0 bridgehead atoms. The van der Waals surface area contributed by atoms with Crippen LogP contribution in [0.15, 0.2) is 36.5 Å². The van der Waals surface area contributed by atoms with E-state index in [-0.39, 0.29) is 16.9 Å². The highest BCUT2D eigenvalue weighted by Crippen LogP contribution is 2.12. The van der Waals surface area contributed by atoms with Crippen LogP contribution in [0.5, 0.6) is 0 Å². The summed E-state index contributed by atoms with van der Waals surface area (Å²) < 4.78 is 26.9. The number of carbonyl (C=O) groups excluding carboxylic acids is 1. The third-order valence-corrected chi connectivity index (χ3v) is 3.03. The highest BCUT2D eigenvalue weighted by molar-refractivity contribution is 5.92. The molecule has 0 aliphatic rings. The Kier molecular flexibility index (Phi) is 5.30. The maximum Gasteiger partial charge on any atom is 0.272 e. The highest BCUT2D eigenvalue weighted by atomic mass is 19.1. The molecule has 1 aromatic carbocycles. The van der Waals surface area contributed by atoms with Crippen molar-refractivity contribution < 1.29 is 13.6 Å². The summed E-state index contributed by atoms with van der Waals surface area (Å²) in [5, 5.41) is 2.65. The van der Waals surface area contributed by atoms with Gasteiger partial charge in [-0.1, -0.05) is 32.6 Å². The van der Waals surface area contributed by atoms with Crippen LogP contribution >= 0.6 is 0 Å². The molecule has 2 aromatic rings. The number of halogens is 2. The molecule has 0 fully saturated rings. The summed E-state index contributed by atoms with van der Waals surface area (Å²) in [6.45, 7) is 6.31. The first kappa shape index (κ1) is 17.6. The number of benzene rings is 1. The molecule has 0 saturated carbocycles. The maximum absolute atomic E-state index is 14.1. The molecule has 0 unspecified atom stereocenters. The van der Waals surface area contributed by atoms with Gasteiger partial charge in [-0.25, -0.2) is 13.8 Å². The molecule has 0 spiro atoms. The molecule has 1 aromatic heterocycles. The third kappa shape index (κ3) is 5.17. The lowest BCUT2D eigenvalue weighted by atomic mass is 9.97. The molecule has 0 aliphatic heterocycles. The number of aromatic nitrogens is 1. The van der Waals surface area contributed by atoms with Gasteiger partial charge in [0.15, 0.2) is 11.5 Å². The number of hydrogen-bond acceptors (Lipinski definition) is 2. The Labute approximate surface area is 140 Å². The molecule has 0 saturated heterocycles. The predicted octanol–water partition coefficient (Wildman–Crippen LogP) is 3.54. The van der Waals surface area contributed by atoms with Gasteiger partial charge >= 0.3 is 0 Å². The third-order valence-electron chi connectivity index (χ3n) is 3.03. The predicted molar refractivity (Wildman–Crippen MR) is 88.4 cm³/mol. The average Bonchev–Trinajstić information content (AvgIpc) is 2.51. The second-order valence-electron chi connectivity index (χ2n) is 6.55. The van der Waals surface area contributed by atoms with E-state index in [9.17, 15) is 13.6 Å². The zero-order valence-corrected chi connectivity index (χ0v) is 13.8. The molecule has 124 valence electrons. The molecule has 0 radical (unpaired) electrons. The van der Waals surface area contributed by atoms with E-state index in [1.807, 2.05) is 20.8 Å². The number of nitrogens with zero attached hydrogens (tertiary/aromatic N) is 1. The minimum atomic E-state index is -0.729. The number of amides is 1. The van der Waals surface area contributed by atoms with E-state index in [0.717, 1.165) is 6.07 Å². The Hall–Kier alpha value is -2.74. The van der Waals surface area contributed by atoms with Crippen molar-refractivity contribution in [1.82, 2.24) is 10.3 Å². The monoisotopic (exact) mass is 328 g/mol. The summed E-state index contributed by atoms with van der Waals surface area (Å²) in [4.78, 5) is 15.8. The summed E-state index contributed by atoms with van der Waals surface area (Å²) >= 11 is 0. The largest absolute Gasteiger partial charge is 0.350 e. The fourth-order valence-corrected chi connectivity index (χ4v) is 1.78. The SMILES string of the molecule is CC(C)(C)CNC(=O)c1ncc(C#Cc2ccc(F)cc2)cc1F. The van der Waals surface area contributed by atoms with Crippen molar-refractivity contribution in [1.29, 1.82) is 0 Å². The van der Waals surface area contributed by atoms with Gasteiger partial charge in [0.1, 0.15) is 5.82 Å². The Morgan fingerprint density at radius 2 is 1.75 bits per heavy atom. The lowest BCUT2D eigenvalue weighted by Gasteiger charge is -2.18. The Morgan fingerprint density at radius 1 is 1.12 bits per heavy atom. The van der Waals surface area contributed by atoms with E-state index in [0.29, 0.717) is 17.7 Å². The van der Waals surface area contributed by atoms with Crippen LogP contribution in [0.2, 0.25) is 0 Å². The molecule has 1 heterocycles. The van der Waals surface area contributed by atoms with E-state index < -0.39 is 11.7 Å². The zero-order valence-electron chi connectivity index (χ0n) is 13.8. The van der Waals surface area contributed by atoms with Gasteiger partial charge in [-0.3, -0.25) is 4.79 Å². The van der Waals surface area contributed by atoms with Crippen molar-refractivity contribution in [3.8, 4) is 11.8 Å². The van der Waals surface area contributed by atoms with Crippen LogP contribution in [-0.4, -0.2) is 17.4 Å². The zero-order chi connectivity index (χ0) is 17.7. The molecule has 1 amide bonds. The van der Waals surface area contributed by atoms with Crippen LogP contribution < -0.4 is 5.32 Å². The van der Waals surface area contributed by atoms with Gasteiger partial charge in [0.2, 0.25) is 0 Å². The quantitative estimate of drug-likeness (QED) is 0.857. The van der Waals surface area contributed by atoms with Gasteiger partial charge in [-0.15, -0.1) is 0 Å². The topological polar surface area (TPSA) is 42.0 Å². The van der Waals surface area contributed by atoms with E-state index in [1.54, 1.807) is 0 Å². The first-order valence-electron chi connectivity index (χ1n) is 7.46. The summed E-state index contributed by atoms with van der Waals surface area (Å²) in [6, 6.07) is 6.81. The molecule has 0 aliphatic carbocycles. The van der Waals surface area contributed by atoms with Crippen LogP contribution in [0.25, 0.3) is 0 Å². The summed E-state index contributed by atoms with van der Waals surface area (Å²) in [5.41, 5.74) is 0.576. The number of nitrogens with one attached hydrogen (secondary N) is 1. The summed E-state index contributed by atoms with van der Waals surface area (Å²) in [7, 11) is 0. The van der Waals surface area contributed by atoms with Crippen LogP contribution in [-0.2, 0) is 0 Å². The van der Waals surface area contributed by atoms with Gasteiger partial charge < -0.3 is 5.32 Å². The standard InChI is InChI=1S/C19H18F2N2O/c1-19(2,3)12-23-18(24)17-16(21)10-14(11-22-17)5-4-13-6-8-15(20)9-7-13/h6-11H,12H2,1-3H3,(H,23,24). The minimum Gasteiger partial charge on any atom is -0.350 e. The van der Waals surface area contributed by atoms with Crippen LogP contribution in [0, 0.1) is 28.9 Å². The number of rotatable bonds is 2. The van der Waals surface area contributed by atoms with Gasteiger partial charge in [0, 0.05) is 23.9 Å². The van der Waals surface area contributed by atoms with Crippen molar-refractivity contribution in [2.45, 2.75) is 20.8 Å². The maximum atomic E-state index is 14.1. The molecule has 24 heavy (non-hydrogen) atoms. The van der Waals surface area contributed by atoms with Crippen molar-refractivity contribution in [2.75, 3.05) is 6.54 Å². The van der Waals surface area contributed by atoms with Crippen molar-refractivity contribution in [3.63, 3.8) is 0 Å². The molecule has 2 rings (SSSR count). The second-order valence-corrected chi connectivity index (χ2v) is 6.55. The Balaban J connectivity index is 2.12. The number of hydrogen-bond donors (Lipinski definition) is 1. The van der Waals surface area contributed by atoms with Gasteiger partial charge in [-0.2, -0.15) is 0 Å². The molecule has 0 atom stereocenters. The first-order valence-corrected chi connectivity index (χ1v) is 7.46. The first-order chi connectivity index (χ1) is 11.2. The van der Waals surface area contributed by atoms with E-state index in [1.165, 1.54) is 30.5 Å². The van der Waals surface area contributed by atoms with Gasteiger partial charge in [-0.05, 0) is 35.7 Å². The lowest BCUT2D eigenvalue weighted by Crippen LogP contribution is -2.33. The lowest BCUT2D eigenvalue weighted by molar-refractivity contribution is 0.0930. The molecular formula is C19H18F2N2O. The van der Waals surface area contributed by atoms with Crippen molar-refractivity contribution in [3.05, 3.63) is 65.0 Å². The number of carbonyl (C=O) groups is 1. The molecule has 3 nitrogen and oxygen atoms in total. The summed E-state index contributed by atoms with van der Waals surface area (Å²) in [6.07, 6.45) is 1.34. The average molecular weight is 328 g/mol. The van der Waals surface area contributed by atoms with E-state index in [4.69, 9.17) is 0 Å². The minimum absolute atomic E-state index is 0.104. The normalized spacial score (nSPS) is 10.7. The fourth-order valence-electron chi connectivity index (χ4n) is 1.78.